The van der Waals surface area contributed by atoms with Crippen molar-refractivity contribution >= 4 is 33.9 Å². The zero-order valence-corrected chi connectivity index (χ0v) is 14.4. The first-order valence-electron chi connectivity index (χ1n) is 6.71. The Labute approximate surface area is 149 Å². The van der Waals surface area contributed by atoms with Gasteiger partial charge in [-0.2, -0.15) is 0 Å². The minimum absolute atomic E-state index is 0.211. The summed E-state index contributed by atoms with van der Waals surface area (Å²) in [7, 11) is 3.15. The summed E-state index contributed by atoms with van der Waals surface area (Å²) >= 11 is 11.7. The molecule has 0 fully saturated rings. The van der Waals surface area contributed by atoms with Crippen LogP contribution in [0.3, 0.4) is 0 Å². The summed E-state index contributed by atoms with van der Waals surface area (Å²) < 4.78 is 20.6. The highest BCUT2D eigenvalue weighted by Crippen LogP contribution is 2.19. The lowest BCUT2D eigenvalue weighted by Crippen LogP contribution is -2.02. The second-order valence-electron chi connectivity index (χ2n) is 4.26. The molecule has 2 rings (SSSR count). The number of hydrogen-bond acceptors (Lipinski definition) is 6. The lowest BCUT2D eigenvalue weighted by Gasteiger charge is -2.04. The number of benzene rings is 2. The smallest absolute Gasteiger partial charge is 0.311 e. The van der Waals surface area contributed by atoms with Crippen molar-refractivity contribution in [2.45, 2.75) is 0 Å². The number of rotatable bonds is 5. The van der Waals surface area contributed by atoms with E-state index in [0.29, 0.717) is 23.0 Å². The number of nitrogens with zero attached hydrogens (tertiary/aromatic N) is 2. The first kappa shape index (κ1) is 17.9. The Morgan fingerprint density at radius 1 is 0.625 bits per heavy atom. The molecule has 2 aromatic carbocycles. The SMILES string of the molecule is COc1ccc(O/C(Cl)=N/N=C(\Cl)Oc2ccc(OC)cc2)cc1. The molecule has 0 aromatic heterocycles. The molecule has 0 saturated carbocycles. The highest BCUT2D eigenvalue weighted by molar-refractivity contribution is 6.64. The summed E-state index contributed by atoms with van der Waals surface area (Å²) in [6, 6.07) is 13.6. The van der Waals surface area contributed by atoms with Gasteiger partial charge in [0.05, 0.1) is 14.2 Å². The zero-order valence-electron chi connectivity index (χ0n) is 12.9. The van der Waals surface area contributed by atoms with E-state index in [4.69, 9.17) is 42.1 Å². The van der Waals surface area contributed by atoms with E-state index >= 15 is 0 Å². The first-order valence-corrected chi connectivity index (χ1v) is 7.47. The molecule has 0 spiro atoms. The van der Waals surface area contributed by atoms with Crippen LogP contribution in [0.1, 0.15) is 0 Å². The van der Waals surface area contributed by atoms with Crippen LogP contribution in [0.2, 0.25) is 0 Å². The Morgan fingerprint density at radius 2 is 0.917 bits per heavy atom. The van der Waals surface area contributed by atoms with E-state index in [0.717, 1.165) is 0 Å². The maximum atomic E-state index is 5.83. The van der Waals surface area contributed by atoms with Crippen LogP contribution in [0, 0.1) is 0 Å². The second kappa shape index (κ2) is 9.00. The van der Waals surface area contributed by atoms with E-state index in [2.05, 4.69) is 10.2 Å². The molecule has 24 heavy (non-hydrogen) atoms. The molecule has 6 nitrogen and oxygen atoms in total. The van der Waals surface area contributed by atoms with Gasteiger partial charge in [0.25, 0.3) is 0 Å². The van der Waals surface area contributed by atoms with Crippen molar-refractivity contribution in [3.05, 3.63) is 48.5 Å². The molecule has 0 N–H and O–H groups in total. The van der Waals surface area contributed by atoms with Gasteiger partial charge in [-0.3, -0.25) is 0 Å². The van der Waals surface area contributed by atoms with Crippen LogP contribution >= 0.6 is 23.2 Å². The normalized spacial score (nSPS) is 11.8. The van der Waals surface area contributed by atoms with E-state index in [-0.39, 0.29) is 10.7 Å². The van der Waals surface area contributed by atoms with E-state index < -0.39 is 0 Å². The van der Waals surface area contributed by atoms with Crippen molar-refractivity contribution in [1.29, 1.82) is 0 Å². The maximum absolute atomic E-state index is 5.83. The lowest BCUT2D eigenvalue weighted by molar-refractivity contribution is 0.413. The maximum Gasteiger partial charge on any atom is 0.311 e. The molecule has 126 valence electrons. The highest BCUT2D eigenvalue weighted by Gasteiger charge is 2.02. The van der Waals surface area contributed by atoms with Crippen molar-refractivity contribution in [3.8, 4) is 23.0 Å². The fourth-order valence-corrected chi connectivity index (χ4v) is 1.86. The van der Waals surface area contributed by atoms with Crippen LogP contribution in [0.4, 0.5) is 0 Å². The molecular formula is C16H14Cl2N2O4. The summed E-state index contributed by atoms with van der Waals surface area (Å²) in [5, 5.41) is 6.83. The molecule has 0 aliphatic heterocycles. The van der Waals surface area contributed by atoms with Gasteiger partial charge in [-0.25, -0.2) is 0 Å². The van der Waals surface area contributed by atoms with Crippen LogP contribution in [-0.2, 0) is 0 Å². The molecule has 0 aliphatic carbocycles. The van der Waals surface area contributed by atoms with Crippen molar-refractivity contribution < 1.29 is 18.9 Å². The van der Waals surface area contributed by atoms with Crippen LogP contribution < -0.4 is 18.9 Å². The van der Waals surface area contributed by atoms with Gasteiger partial charge in [0.1, 0.15) is 23.0 Å². The quantitative estimate of drug-likeness (QED) is 0.449. The standard InChI is InChI=1S/C16H14Cl2N2O4/c1-21-11-3-7-13(8-4-11)23-15(17)19-20-16(18)24-14-9-5-12(22-2)6-10-14/h3-10H,1-2H3/b19-15+,20-16+. The molecule has 8 heteroatoms. The third-order valence-corrected chi connectivity index (χ3v) is 3.04. The summed E-state index contributed by atoms with van der Waals surface area (Å²) in [5.41, 5.74) is 0. The molecule has 0 heterocycles. The predicted molar refractivity (Wildman–Crippen MR) is 93.8 cm³/mol. The lowest BCUT2D eigenvalue weighted by atomic mass is 10.3. The van der Waals surface area contributed by atoms with Crippen molar-refractivity contribution in [3.63, 3.8) is 0 Å². The summed E-state index contributed by atoms with van der Waals surface area (Å²) in [6.45, 7) is 0. The third kappa shape index (κ3) is 5.64. The van der Waals surface area contributed by atoms with E-state index in [1.54, 1.807) is 62.8 Å². The average molecular weight is 369 g/mol. The first-order chi connectivity index (χ1) is 11.6. The molecule has 0 unspecified atom stereocenters. The van der Waals surface area contributed by atoms with E-state index in [9.17, 15) is 0 Å². The van der Waals surface area contributed by atoms with E-state index in [1.165, 1.54) is 0 Å². The predicted octanol–water partition coefficient (Wildman–Crippen LogP) is 4.27. The molecule has 0 amide bonds. The second-order valence-corrected chi connectivity index (χ2v) is 4.91. The Bertz CT molecular complexity index is 652. The number of methoxy groups -OCH3 is 2. The van der Waals surface area contributed by atoms with Gasteiger partial charge in [-0.15, -0.1) is 0 Å². The van der Waals surface area contributed by atoms with Crippen LogP contribution in [0.25, 0.3) is 0 Å². The minimum Gasteiger partial charge on any atom is -0.497 e. The van der Waals surface area contributed by atoms with Crippen LogP contribution in [0.15, 0.2) is 58.7 Å². The fourth-order valence-electron chi connectivity index (χ4n) is 1.60. The van der Waals surface area contributed by atoms with Gasteiger partial charge in [-0.05, 0) is 71.7 Å². The monoisotopic (exact) mass is 368 g/mol. The van der Waals surface area contributed by atoms with Gasteiger partial charge in [0, 0.05) is 0 Å². The van der Waals surface area contributed by atoms with Gasteiger partial charge in [0.2, 0.25) is 0 Å². The molecular weight excluding hydrogens is 355 g/mol. The number of halogens is 2. The van der Waals surface area contributed by atoms with Crippen molar-refractivity contribution in [2.24, 2.45) is 10.2 Å². The Balaban J connectivity index is 1.94. The van der Waals surface area contributed by atoms with Crippen molar-refractivity contribution in [1.82, 2.24) is 0 Å². The van der Waals surface area contributed by atoms with Crippen LogP contribution in [-0.4, -0.2) is 24.9 Å². The Kier molecular flexibility index (Phi) is 6.72. The minimum atomic E-state index is -0.211. The Hall–Kier alpha value is -2.44. The highest BCUT2D eigenvalue weighted by atomic mass is 35.5. The third-order valence-electron chi connectivity index (χ3n) is 2.73. The van der Waals surface area contributed by atoms with Crippen molar-refractivity contribution in [2.75, 3.05) is 14.2 Å². The van der Waals surface area contributed by atoms with E-state index in [1.807, 2.05) is 0 Å². The molecule has 0 bridgehead atoms. The van der Waals surface area contributed by atoms with Gasteiger partial charge < -0.3 is 18.9 Å². The molecule has 0 saturated heterocycles. The molecule has 0 radical (unpaired) electrons. The Morgan fingerprint density at radius 3 is 1.21 bits per heavy atom. The fraction of sp³-hybridized carbons (Fsp3) is 0.125. The summed E-state index contributed by atoms with van der Waals surface area (Å²) in [4.78, 5) is 0. The van der Waals surface area contributed by atoms with Gasteiger partial charge in [-0.1, -0.05) is 10.2 Å². The van der Waals surface area contributed by atoms with Gasteiger partial charge in [0.15, 0.2) is 0 Å². The molecule has 2 aromatic rings. The molecule has 0 atom stereocenters. The number of ether oxygens (including phenoxy) is 4. The topological polar surface area (TPSA) is 61.6 Å². The largest absolute Gasteiger partial charge is 0.497 e. The average Bonchev–Trinajstić information content (AvgIpc) is 2.61. The number of hydrogen-bond donors (Lipinski definition) is 0. The molecule has 0 aliphatic rings. The van der Waals surface area contributed by atoms with Crippen LogP contribution in [0.5, 0.6) is 23.0 Å². The summed E-state index contributed by atoms with van der Waals surface area (Å²) in [5.74, 6) is 2.35. The zero-order chi connectivity index (χ0) is 17.4. The summed E-state index contributed by atoms with van der Waals surface area (Å²) in [6.07, 6.45) is 0. The van der Waals surface area contributed by atoms with Gasteiger partial charge >= 0.3 is 10.7 Å².